The molecule has 1 fully saturated rings. The zero-order chi connectivity index (χ0) is 43.7. The van der Waals surface area contributed by atoms with Gasteiger partial charge in [0.2, 0.25) is 23.6 Å². The summed E-state index contributed by atoms with van der Waals surface area (Å²) in [4.78, 5) is 82.9. The first-order valence-corrected chi connectivity index (χ1v) is 21.9. The fourth-order valence-corrected chi connectivity index (χ4v) is 7.64. The van der Waals surface area contributed by atoms with E-state index in [1.165, 1.54) is 34.1 Å². The summed E-state index contributed by atoms with van der Waals surface area (Å²) in [7, 11) is -0.346. The molecule has 1 rings (SSSR count). The third kappa shape index (κ3) is 29.7. The minimum Gasteiger partial charge on any atom is -0.465 e. The van der Waals surface area contributed by atoms with E-state index in [4.69, 9.17) is 25.0 Å². The molecule has 5 atom stereocenters. The molecule has 17 nitrogen and oxygen atoms in total. The second-order valence-electron chi connectivity index (χ2n) is 14.5. The fraction of sp³-hybridized carbons (Fsp3) is 0.821. The summed E-state index contributed by atoms with van der Waals surface area (Å²) >= 11 is 1.61. The Hall–Kier alpha value is -3.42. The first-order valence-electron chi connectivity index (χ1n) is 20.9. The molecule has 0 aromatic heterocycles. The fourth-order valence-electron chi connectivity index (χ4n) is 6.15. The van der Waals surface area contributed by atoms with E-state index >= 15 is 0 Å². The molecule has 0 radical (unpaired) electrons. The van der Waals surface area contributed by atoms with Crippen molar-refractivity contribution in [3.63, 3.8) is 0 Å². The molecule has 58 heavy (non-hydrogen) atoms. The first-order chi connectivity index (χ1) is 27.6. The van der Waals surface area contributed by atoms with Gasteiger partial charge in [0.25, 0.3) is 0 Å². The molecule has 1 aliphatic carbocycles. The Bertz CT molecular complexity index is 1220. The topological polar surface area (TPSA) is 254 Å². The number of hydrogen-bond donors (Lipinski definition) is 7. The molecule has 0 bridgehead atoms. The lowest BCUT2D eigenvalue weighted by atomic mass is 9.80. The van der Waals surface area contributed by atoms with Gasteiger partial charge in [-0.2, -0.15) is 11.8 Å². The summed E-state index contributed by atoms with van der Waals surface area (Å²) in [6.45, 7) is 11.6. The second-order valence-corrected chi connectivity index (χ2v) is 15.8. The zero-order valence-corrected chi connectivity index (χ0v) is 36.6. The number of rotatable bonds is 29. The van der Waals surface area contributed by atoms with Gasteiger partial charge in [0.1, 0.15) is 6.10 Å². The molecular weight excluding hydrogens is 771 g/mol. The van der Waals surface area contributed by atoms with Gasteiger partial charge in [-0.3, -0.25) is 33.6 Å². The normalized spacial score (nSPS) is 18.4. The van der Waals surface area contributed by atoms with E-state index in [9.17, 15) is 33.6 Å². The van der Waals surface area contributed by atoms with Crippen LogP contribution in [-0.4, -0.2) is 122 Å². The molecule has 0 aromatic rings. The van der Waals surface area contributed by atoms with Crippen molar-refractivity contribution in [1.82, 2.24) is 26.5 Å². The number of carbonyl (C=O) groups is 7. The van der Waals surface area contributed by atoms with Gasteiger partial charge in [0.05, 0.1) is 19.2 Å². The number of hydrogen-bond acceptors (Lipinski definition) is 14. The minimum atomic E-state index is -0.952. The molecular formula is C39H73BN6O11S. The SMILES string of the molecule is CC(=O)NC1[C@@H](OC(C)=O)[C@@H](OC(C)=O)C(COC(C)=O)C[C@H]1SCCCCCNC(=O)CCCCCNC(=O)CCCCCNC(=O)CN.CCCCNB(C)O. The molecule has 4 amide bonds. The highest BCUT2D eigenvalue weighted by Crippen LogP contribution is 2.37. The molecule has 0 saturated heterocycles. The van der Waals surface area contributed by atoms with Crippen LogP contribution in [0.1, 0.15) is 125 Å². The highest BCUT2D eigenvalue weighted by atomic mass is 32.2. The zero-order valence-electron chi connectivity index (χ0n) is 35.8. The van der Waals surface area contributed by atoms with Crippen molar-refractivity contribution in [2.75, 3.05) is 45.1 Å². The number of carbonyl (C=O) groups excluding carboxylic acids is 7. The van der Waals surface area contributed by atoms with Crippen LogP contribution in [0.5, 0.6) is 0 Å². The van der Waals surface area contributed by atoms with Gasteiger partial charge in [-0.15, -0.1) is 0 Å². The van der Waals surface area contributed by atoms with Crippen LogP contribution in [0.3, 0.4) is 0 Å². The number of amides is 4. The molecule has 0 aromatic carbocycles. The average Bonchev–Trinajstić information content (AvgIpc) is 3.14. The predicted octanol–water partition coefficient (Wildman–Crippen LogP) is 2.12. The molecule has 1 saturated carbocycles. The summed E-state index contributed by atoms with van der Waals surface area (Å²) in [6, 6.07) is -0.616. The largest absolute Gasteiger partial charge is 0.465 e. The highest BCUT2D eigenvalue weighted by Gasteiger charge is 2.49. The molecule has 334 valence electrons. The third-order valence-corrected chi connectivity index (χ3v) is 10.4. The number of ether oxygens (including phenoxy) is 3. The molecule has 8 N–H and O–H groups in total. The van der Waals surface area contributed by atoms with E-state index in [0.29, 0.717) is 38.9 Å². The molecule has 0 aliphatic heterocycles. The number of nitrogens with one attached hydrogen (secondary N) is 5. The number of nitrogens with two attached hydrogens (primary N) is 1. The van der Waals surface area contributed by atoms with Crippen molar-refractivity contribution in [2.24, 2.45) is 11.7 Å². The van der Waals surface area contributed by atoms with Crippen LogP contribution < -0.4 is 32.2 Å². The van der Waals surface area contributed by atoms with Gasteiger partial charge in [0.15, 0.2) is 6.10 Å². The predicted molar refractivity (Wildman–Crippen MR) is 225 cm³/mol. The van der Waals surface area contributed by atoms with Crippen LogP contribution in [0.25, 0.3) is 0 Å². The Kier molecular flexibility index (Phi) is 32.4. The lowest BCUT2D eigenvalue weighted by Gasteiger charge is -2.45. The monoisotopic (exact) mass is 845 g/mol. The third-order valence-electron chi connectivity index (χ3n) is 8.99. The van der Waals surface area contributed by atoms with Crippen LogP contribution in [0.4, 0.5) is 0 Å². The maximum absolute atomic E-state index is 12.2. The van der Waals surface area contributed by atoms with Crippen molar-refractivity contribution < 1.29 is 52.8 Å². The van der Waals surface area contributed by atoms with Gasteiger partial charge >= 0.3 is 25.0 Å². The lowest BCUT2D eigenvalue weighted by Crippen LogP contribution is -2.62. The molecule has 0 heterocycles. The maximum Gasteiger partial charge on any atom is 0.373 e. The molecule has 19 heteroatoms. The van der Waals surface area contributed by atoms with Crippen LogP contribution in [0, 0.1) is 5.92 Å². The van der Waals surface area contributed by atoms with Gasteiger partial charge < -0.3 is 51.5 Å². The lowest BCUT2D eigenvalue weighted by molar-refractivity contribution is -0.181. The van der Waals surface area contributed by atoms with Crippen LogP contribution >= 0.6 is 11.8 Å². The Morgan fingerprint density at radius 1 is 0.690 bits per heavy atom. The van der Waals surface area contributed by atoms with E-state index < -0.39 is 42.1 Å². The van der Waals surface area contributed by atoms with Gasteiger partial charge in [-0.1, -0.05) is 32.6 Å². The quantitative estimate of drug-likeness (QED) is 0.0247. The summed E-state index contributed by atoms with van der Waals surface area (Å²) < 4.78 is 16.4. The van der Waals surface area contributed by atoms with E-state index in [1.807, 2.05) is 0 Å². The number of thioether (sulfide) groups is 1. The Morgan fingerprint density at radius 3 is 1.67 bits per heavy atom. The number of unbranched alkanes of at least 4 members (excludes halogenated alkanes) is 7. The second kappa shape index (κ2) is 34.4. The van der Waals surface area contributed by atoms with Gasteiger partial charge in [-0.25, -0.2) is 0 Å². The van der Waals surface area contributed by atoms with Crippen LogP contribution in [0.15, 0.2) is 0 Å². The average molecular weight is 845 g/mol. The molecule has 2 unspecified atom stereocenters. The van der Waals surface area contributed by atoms with Crippen molar-refractivity contribution in [3.8, 4) is 0 Å². The minimum absolute atomic E-state index is 0.00378. The van der Waals surface area contributed by atoms with Gasteiger partial charge in [0, 0.05) is 71.3 Å². The van der Waals surface area contributed by atoms with E-state index in [-0.39, 0.29) is 49.1 Å². The van der Waals surface area contributed by atoms with E-state index in [0.717, 1.165) is 76.5 Å². The van der Waals surface area contributed by atoms with Crippen molar-refractivity contribution in [2.45, 2.75) is 155 Å². The summed E-state index contributed by atoms with van der Waals surface area (Å²) in [5.74, 6) is -1.81. The molecule has 1 aliphatic rings. The summed E-state index contributed by atoms with van der Waals surface area (Å²) in [5.41, 5.74) is 5.23. The molecule has 0 spiro atoms. The van der Waals surface area contributed by atoms with Crippen LogP contribution in [-0.2, 0) is 47.8 Å². The van der Waals surface area contributed by atoms with Crippen molar-refractivity contribution >= 4 is 60.3 Å². The Balaban J connectivity index is 0.00000364. The first kappa shape index (κ1) is 54.6. The Morgan fingerprint density at radius 2 is 1.21 bits per heavy atom. The highest BCUT2D eigenvalue weighted by molar-refractivity contribution is 7.99. The van der Waals surface area contributed by atoms with E-state index in [1.54, 1.807) is 18.6 Å². The summed E-state index contributed by atoms with van der Waals surface area (Å²) in [6.07, 6.45) is 9.17. The van der Waals surface area contributed by atoms with Crippen molar-refractivity contribution in [1.29, 1.82) is 0 Å². The Labute approximate surface area is 350 Å². The van der Waals surface area contributed by atoms with Gasteiger partial charge in [-0.05, 0) is 70.5 Å². The standard InChI is InChI=1S/C34H59N5O10S.C5H14BNO/c1-23(40)39-32-28(20-27(22-47-24(2)41)33(48-25(3)42)34(32)49-26(4)43)50-19-13-7-12-17-37-30(45)14-8-5-10-16-36-29(44)15-9-6-11-18-38-31(46)21-35;1-3-4-5-7-6(2)8/h27-28,32-34H,5-22,35H2,1-4H3,(H,36,44)(H,37,45)(H,38,46)(H,39,40);7-8H,3-5H2,1-2H3/t27?,28-,32?,33+,34-;/m1./s1. The van der Waals surface area contributed by atoms with Crippen LogP contribution in [0.2, 0.25) is 6.82 Å². The smallest absolute Gasteiger partial charge is 0.373 e. The van der Waals surface area contributed by atoms with Crippen molar-refractivity contribution in [3.05, 3.63) is 0 Å². The number of esters is 3. The summed E-state index contributed by atoms with van der Waals surface area (Å²) in [5, 5.41) is 22.8. The maximum atomic E-state index is 12.2. The van der Waals surface area contributed by atoms with E-state index in [2.05, 4.69) is 33.4 Å².